The van der Waals surface area contributed by atoms with E-state index in [4.69, 9.17) is 10.2 Å². The second-order valence-corrected chi connectivity index (χ2v) is 3.86. The molecule has 2 N–H and O–H groups in total. The van der Waals surface area contributed by atoms with Crippen LogP contribution in [0.15, 0.2) is 25.3 Å². The van der Waals surface area contributed by atoms with E-state index >= 15 is 0 Å². The molecule has 0 aromatic heterocycles. The normalized spacial score (nSPS) is 8.89. The Hall–Kier alpha value is -1.58. The van der Waals surface area contributed by atoms with E-state index in [2.05, 4.69) is 13.2 Å². The van der Waals surface area contributed by atoms with Gasteiger partial charge in [0.15, 0.2) is 0 Å². The Morgan fingerprint density at radius 3 is 1.33 bits per heavy atom. The fourth-order valence-corrected chi connectivity index (χ4v) is 1.13. The number of unbranched alkanes of at least 4 members (excludes halogenated alkanes) is 4. The lowest BCUT2D eigenvalue weighted by Crippen LogP contribution is -1.92. The van der Waals surface area contributed by atoms with Gasteiger partial charge in [0.05, 0.1) is 0 Å². The molecular formula is C14H24O4. The summed E-state index contributed by atoms with van der Waals surface area (Å²) in [5, 5.41) is 16.4. The van der Waals surface area contributed by atoms with E-state index in [-0.39, 0.29) is 12.8 Å². The maximum absolute atomic E-state index is 9.94. The molecular weight excluding hydrogens is 232 g/mol. The van der Waals surface area contributed by atoms with Gasteiger partial charge in [-0.3, -0.25) is 9.59 Å². The zero-order valence-corrected chi connectivity index (χ0v) is 10.9. The van der Waals surface area contributed by atoms with E-state index in [1.54, 1.807) is 0 Å². The maximum Gasteiger partial charge on any atom is 0.303 e. The molecule has 0 spiro atoms. The van der Waals surface area contributed by atoms with E-state index in [9.17, 15) is 9.59 Å². The number of hydrogen-bond acceptors (Lipinski definition) is 2. The number of hydrogen-bond donors (Lipinski definition) is 2. The molecule has 18 heavy (non-hydrogen) atoms. The van der Waals surface area contributed by atoms with Gasteiger partial charge in [-0.25, -0.2) is 0 Å². The number of carbonyl (C=O) groups is 2. The zero-order chi connectivity index (χ0) is 14.2. The average Bonchev–Trinajstić information content (AvgIpc) is 2.31. The van der Waals surface area contributed by atoms with Gasteiger partial charge in [-0.05, 0) is 38.5 Å². The fraction of sp³-hybridized carbons (Fsp3) is 0.571. The van der Waals surface area contributed by atoms with Crippen molar-refractivity contribution < 1.29 is 19.8 Å². The standard InChI is InChI=1S/2C7H12O2/c2*1-2-3-4-5-6-7(8)9/h2*2H,1,3-6H2,(H,8,9). The Kier molecular flexibility index (Phi) is 16.1. The molecule has 4 heteroatoms. The number of allylic oxidation sites excluding steroid dienone is 2. The van der Waals surface area contributed by atoms with Gasteiger partial charge in [0, 0.05) is 12.8 Å². The highest BCUT2D eigenvalue weighted by atomic mass is 16.4. The van der Waals surface area contributed by atoms with Gasteiger partial charge in [0.2, 0.25) is 0 Å². The van der Waals surface area contributed by atoms with Crippen LogP contribution >= 0.6 is 0 Å². The first-order valence-corrected chi connectivity index (χ1v) is 6.20. The third-order valence-electron chi connectivity index (χ3n) is 2.10. The molecule has 0 saturated carbocycles. The van der Waals surface area contributed by atoms with Crippen LogP contribution in [0.3, 0.4) is 0 Å². The molecule has 0 aliphatic heterocycles. The Balaban J connectivity index is 0. The molecule has 0 bridgehead atoms. The van der Waals surface area contributed by atoms with Crippen LogP contribution in [0.25, 0.3) is 0 Å². The first-order valence-electron chi connectivity index (χ1n) is 6.20. The molecule has 0 rings (SSSR count). The first kappa shape index (κ1) is 18.8. The van der Waals surface area contributed by atoms with Crippen molar-refractivity contribution in [3.63, 3.8) is 0 Å². The predicted molar refractivity (Wildman–Crippen MR) is 72.6 cm³/mol. The van der Waals surface area contributed by atoms with Crippen molar-refractivity contribution in [3.05, 3.63) is 25.3 Å². The second kappa shape index (κ2) is 15.4. The molecule has 0 aromatic rings. The van der Waals surface area contributed by atoms with Crippen molar-refractivity contribution in [2.24, 2.45) is 0 Å². The molecule has 0 atom stereocenters. The van der Waals surface area contributed by atoms with Crippen LogP contribution in [-0.4, -0.2) is 22.2 Å². The summed E-state index contributed by atoms with van der Waals surface area (Å²) in [6, 6.07) is 0. The van der Waals surface area contributed by atoms with E-state index < -0.39 is 11.9 Å². The molecule has 4 nitrogen and oxygen atoms in total. The van der Waals surface area contributed by atoms with Crippen LogP contribution in [0, 0.1) is 0 Å². The van der Waals surface area contributed by atoms with E-state index in [0.29, 0.717) is 0 Å². The molecule has 104 valence electrons. The number of aliphatic carboxylic acids is 2. The minimum Gasteiger partial charge on any atom is -0.481 e. The predicted octanol–water partition coefficient (Wildman–Crippen LogP) is 3.63. The van der Waals surface area contributed by atoms with Crippen LogP contribution in [0.4, 0.5) is 0 Å². The van der Waals surface area contributed by atoms with Crippen LogP contribution in [0.5, 0.6) is 0 Å². The highest BCUT2D eigenvalue weighted by Crippen LogP contribution is 1.99. The monoisotopic (exact) mass is 256 g/mol. The Morgan fingerprint density at radius 2 is 1.11 bits per heavy atom. The smallest absolute Gasteiger partial charge is 0.303 e. The summed E-state index contributed by atoms with van der Waals surface area (Å²) < 4.78 is 0. The van der Waals surface area contributed by atoms with E-state index in [1.165, 1.54) is 0 Å². The fourth-order valence-electron chi connectivity index (χ4n) is 1.13. The van der Waals surface area contributed by atoms with E-state index in [0.717, 1.165) is 38.5 Å². The highest BCUT2D eigenvalue weighted by molar-refractivity contribution is 5.66. The molecule has 0 amide bonds. The molecule has 0 fully saturated rings. The van der Waals surface area contributed by atoms with Gasteiger partial charge >= 0.3 is 11.9 Å². The highest BCUT2D eigenvalue weighted by Gasteiger charge is 1.94. The third kappa shape index (κ3) is 23.9. The van der Waals surface area contributed by atoms with Gasteiger partial charge in [-0.1, -0.05) is 12.2 Å². The lowest BCUT2D eigenvalue weighted by atomic mass is 10.2. The topological polar surface area (TPSA) is 74.6 Å². The van der Waals surface area contributed by atoms with Crippen LogP contribution < -0.4 is 0 Å². The third-order valence-corrected chi connectivity index (χ3v) is 2.10. The zero-order valence-electron chi connectivity index (χ0n) is 10.9. The largest absolute Gasteiger partial charge is 0.481 e. The summed E-state index contributed by atoms with van der Waals surface area (Å²) in [6.45, 7) is 7.06. The van der Waals surface area contributed by atoms with Crippen molar-refractivity contribution in [2.45, 2.75) is 51.4 Å². The Morgan fingerprint density at radius 1 is 0.778 bits per heavy atom. The van der Waals surface area contributed by atoms with Crippen molar-refractivity contribution in [2.75, 3.05) is 0 Å². The van der Waals surface area contributed by atoms with Gasteiger partial charge < -0.3 is 10.2 Å². The molecule has 0 radical (unpaired) electrons. The first-order chi connectivity index (χ1) is 8.54. The second-order valence-electron chi connectivity index (χ2n) is 3.86. The van der Waals surface area contributed by atoms with Crippen LogP contribution in [0.1, 0.15) is 51.4 Å². The van der Waals surface area contributed by atoms with Crippen molar-refractivity contribution in [1.29, 1.82) is 0 Å². The van der Waals surface area contributed by atoms with Crippen molar-refractivity contribution in [3.8, 4) is 0 Å². The quantitative estimate of drug-likeness (QED) is 0.462. The summed E-state index contributed by atoms with van der Waals surface area (Å²) in [6.07, 6.45) is 9.44. The average molecular weight is 256 g/mol. The van der Waals surface area contributed by atoms with E-state index in [1.807, 2.05) is 12.2 Å². The lowest BCUT2D eigenvalue weighted by molar-refractivity contribution is -0.138. The number of carboxylic acids is 2. The lowest BCUT2D eigenvalue weighted by Gasteiger charge is -1.90. The molecule has 0 aliphatic rings. The van der Waals surface area contributed by atoms with Gasteiger partial charge in [0.25, 0.3) is 0 Å². The number of rotatable bonds is 10. The molecule has 0 unspecified atom stereocenters. The molecule has 0 aliphatic carbocycles. The Bertz CT molecular complexity index is 220. The summed E-state index contributed by atoms with van der Waals surface area (Å²) in [4.78, 5) is 19.9. The summed E-state index contributed by atoms with van der Waals surface area (Å²) in [7, 11) is 0. The minimum atomic E-state index is -0.709. The Labute approximate surface area is 109 Å². The summed E-state index contributed by atoms with van der Waals surface area (Å²) >= 11 is 0. The van der Waals surface area contributed by atoms with Gasteiger partial charge in [-0.15, -0.1) is 13.2 Å². The van der Waals surface area contributed by atoms with Crippen LogP contribution in [0.2, 0.25) is 0 Å². The minimum absolute atomic E-state index is 0.286. The van der Waals surface area contributed by atoms with Crippen LogP contribution in [-0.2, 0) is 9.59 Å². The summed E-state index contributed by atoms with van der Waals surface area (Å²) in [5.74, 6) is -1.42. The maximum atomic E-state index is 9.94. The molecule has 0 saturated heterocycles. The number of carboxylic acid groups (broad SMARTS) is 2. The van der Waals surface area contributed by atoms with Crippen molar-refractivity contribution in [1.82, 2.24) is 0 Å². The van der Waals surface area contributed by atoms with Crippen molar-refractivity contribution >= 4 is 11.9 Å². The molecule has 0 aromatic carbocycles. The molecule has 0 heterocycles. The SMILES string of the molecule is C=CCCCCC(=O)O.C=CCCCCC(=O)O. The summed E-state index contributed by atoms with van der Waals surface area (Å²) in [5.41, 5.74) is 0. The van der Waals surface area contributed by atoms with Gasteiger partial charge in [0.1, 0.15) is 0 Å². The van der Waals surface area contributed by atoms with Gasteiger partial charge in [-0.2, -0.15) is 0 Å².